The molecule has 0 radical (unpaired) electrons. The highest BCUT2D eigenvalue weighted by Crippen LogP contribution is 2.39. The Morgan fingerprint density at radius 1 is 1.38 bits per heavy atom. The van der Waals surface area contributed by atoms with Gasteiger partial charge in [-0.05, 0) is 40.7 Å². The predicted octanol–water partition coefficient (Wildman–Crippen LogP) is 2.78. The van der Waals surface area contributed by atoms with Gasteiger partial charge in [0.15, 0.2) is 0 Å². The molecule has 1 aliphatic rings. The van der Waals surface area contributed by atoms with Crippen LogP contribution in [0.4, 0.5) is 4.39 Å². The molecule has 0 bridgehead atoms. The van der Waals surface area contributed by atoms with E-state index in [-0.39, 0.29) is 12.4 Å². The van der Waals surface area contributed by atoms with Crippen LogP contribution in [-0.4, -0.2) is 40.7 Å². The predicted molar refractivity (Wildman–Crippen MR) is 88.6 cm³/mol. The minimum atomic E-state index is -1.03. The van der Waals surface area contributed by atoms with E-state index in [1.807, 2.05) is 27.7 Å². The quantitative estimate of drug-likeness (QED) is 0.590. The molecule has 0 spiro atoms. The van der Waals surface area contributed by atoms with Crippen molar-refractivity contribution in [1.82, 2.24) is 9.78 Å². The first-order valence-electron chi connectivity index (χ1n) is 8.05. The maximum absolute atomic E-state index is 14.4. The van der Waals surface area contributed by atoms with Crippen molar-refractivity contribution in [3.8, 4) is 0 Å². The molecule has 0 unspecified atom stereocenters. The van der Waals surface area contributed by atoms with Crippen LogP contribution < -0.4 is 0 Å². The number of hydrogen-bond donors (Lipinski definition) is 0. The summed E-state index contributed by atoms with van der Waals surface area (Å²) in [7, 11) is -1.03. The van der Waals surface area contributed by atoms with E-state index in [0.717, 1.165) is 0 Å². The Balaban J connectivity index is 1.98. The number of nitrogens with zero attached hydrogens (tertiary/aromatic N) is 2. The van der Waals surface area contributed by atoms with Crippen molar-refractivity contribution in [2.75, 3.05) is 6.61 Å². The summed E-state index contributed by atoms with van der Waals surface area (Å²) in [5.74, 6) is -0.284. The molecule has 1 saturated heterocycles. The highest BCUT2D eigenvalue weighted by molar-refractivity contribution is 6.54. The maximum atomic E-state index is 14.4. The van der Waals surface area contributed by atoms with Crippen LogP contribution in [0.15, 0.2) is 18.1 Å². The minimum absolute atomic E-state index is 0.221. The summed E-state index contributed by atoms with van der Waals surface area (Å²) < 4.78 is 32.1. The second-order valence-corrected chi connectivity index (χ2v) is 6.71. The number of halogens is 1. The van der Waals surface area contributed by atoms with Gasteiger partial charge in [-0.15, -0.1) is 0 Å². The number of rotatable bonds is 6. The number of aryl methyl sites for hydroxylation is 1. The van der Waals surface area contributed by atoms with E-state index in [1.54, 1.807) is 17.8 Å². The average Bonchev–Trinajstić information content (AvgIpc) is 2.99. The van der Waals surface area contributed by atoms with Crippen molar-refractivity contribution in [3.05, 3.63) is 23.7 Å². The van der Waals surface area contributed by atoms with Crippen molar-refractivity contribution in [2.24, 2.45) is 0 Å². The number of ether oxygens (including phenoxy) is 1. The van der Waals surface area contributed by atoms with E-state index in [2.05, 4.69) is 5.10 Å². The summed E-state index contributed by atoms with van der Waals surface area (Å²) in [5.41, 5.74) is -1.12. The average molecular weight is 338 g/mol. The third kappa shape index (κ3) is 4.24. The van der Waals surface area contributed by atoms with E-state index in [0.29, 0.717) is 18.7 Å². The molecule has 1 fully saturated rings. The zero-order valence-electron chi connectivity index (χ0n) is 14.8. The molecule has 0 atom stereocenters. The van der Waals surface area contributed by atoms with E-state index >= 15 is 0 Å². The summed E-state index contributed by atoms with van der Waals surface area (Å²) in [4.78, 5) is 11.3. The molecule has 0 aliphatic carbocycles. The lowest BCUT2D eigenvalue weighted by Crippen LogP contribution is -2.41. The Hall–Kier alpha value is -1.67. The molecule has 1 aliphatic heterocycles. The van der Waals surface area contributed by atoms with Gasteiger partial charge in [-0.25, -0.2) is 4.39 Å². The molecular formula is C16H24BFN2O4. The van der Waals surface area contributed by atoms with Crippen molar-refractivity contribution in [3.63, 3.8) is 0 Å². The summed E-state index contributed by atoms with van der Waals surface area (Å²) in [5, 5.41) is 4.10. The largest absolute Gasteiger partial charge is 0.525 e. The van der Waals surface area contributed by atoms with E-state index in [4.69, 9.17) is 14.0 Å². The lowest BCUT2D eigenvalue weighted by Gasteiger charge is -2.32. The van der Waals surface area contributed by atoms with Crippen LogP contribution in [0.25, 0.3) is 6.08 Å². The van der Waals surface area contributed by atoms with Crippen LogP contribution in [0.1, 0.15) is 46.6 Å². The third-order valence-corrected chi connectivity index (χ3v) is 4.29. The number of carbonyl (C=O) groups is 1. The molecule has 6 nitrogen and oxygen atoms in total. The molecule has 2 heterocycles. The van der Waals surface area contributed by atoms with Gasteiger partial charge in [0, 0.05) is 11.8 Å². The highest BCUT2D eigenvalue weighted by atomic mass is 19.1. The SMILES string of the molecule is CCOC(=O)CCn1cc(C=C(F)B2OC(C)(C)C(C)(C)O2)cn1. The molecule has 0 saturated carbocycles. The Morgan fingerprint density at radius 3 is 2.58 bits per heavy atom. The van der Waals surface area contributed by atoms with Crippen LogP contribution in [0.3, 0.4) is 0 Å². The van der Waals surface area contributed by atoms with Crippen molar-refractivity contribution in [2.45, 2.75) is 58.8 Å². The molecule has 1 aromatic heterocycles. The van der Waals surface area contributed by atoms with Crippen LogP contribution in [0.5, 0.6) is 0 Å². The second-order valence-electron chi connectivity index (χ2n) is 6.71. The Kier molecular flexibility index (Phi) is 5.50. The fourth-order valence-electron chi connectivity index (χ4n) is 2.20. The summed E-state index contributed by atoms with van der Waals surface area (Å²) in [6.07, 6.45) is 4.73. The van der Waals surface area contributed by atoms with E-state index in [1.165, 1.54) is 12.3 Å². The molecule has 24 heavy (non-hydrogen) atoms. The lowest BCUT2D eigenvalue weighted by molar-refractivity contribution is -0.143. The summed E-state index contributed by atoms with van der Waals surface area (Å²) in [6, 6.07) is 0. The first-order valence-corrected chi connectivity index (χ1v) is 8.05. The molecule has 8 heteroatoms. The van der Waals surface area contributed by atoms with Gasteiger partial charge in [0.05, 0.1) is 37.0 Å². The lowest BCUT2D eigenvalue weighted by atomic mass is 9.87. The first-order chi connectivity index (χ1) is 11.1. The fourth-order valence-corrected chi connectivity index (χ4v) is 2.20. The monoisotopic (exact) mass is 338 g/mol. The molecule has 0 aromatic carbocycles. The van der Waals surface area contributed by atoms with Crippen LogP contribution >= 0.6 is 0 Å². The van der Waals surface area contributed by atoms with Crippen LogP contribution in [0.2, 0.25) is 0 Å². The van der Waals surface area contributed by atoms with Gasteiger partial charge in [-0.2, -0.15) is 5.10 Å². The van der Waals surface area contributed by atoms with Crippen molar-refractivity contribution >= 4 is 19.2 Å². The van der Waals surface area contributed by atoms with E-state index < -0.39 is 24.0 Å². The molecule has 0 N–H and O–H groups in total. The van der Waals surface area contributed by atoms with E-state index in [9.17, 15) is 9.18 Å². The topological polar surface area (TPSA) is 62.6 Å². The highest BCUT2D eigenvalue weighted by Gasteiger charge is 2.53. The summed E-state index contributed by atoms with van der Waals surface area (Å²) in [6.45, 7) is 9.96. The number of esters is 1. The van der Waals surface area contributed by atoms with Gasteiger partial charge in [0.1, 0.15) is 5.73 Å². The third-order valence-electron chi connectivity index (χ3n) is 4.29. The fraction of sp³-hybridized carbons (Fsp3) is 0.625. The Labute approximate surface area is 142 Å². The molecule has 2 rings (SSSR count). The molecule has 0 amide bonds. The van der Waals surface area contributed by atoms with Gasteiger partial charge < -0.3 is 14.0 Å². The van der Waals surface area contributed by atoms with Crippen LogP contribution in [-0.2, 0) is 25.4 Å². The molecule has 132 valence electrons. The maximum Gasteiger partial charge on any atom is 0.525 e. The number of hydrogen-bond acceptors (Lipinski definition) is 5. The van der Waals surface area contributed by atoms with Gasteiger partial charge in [0.25, 0.3) is 0 Å². The first kappa shape index (κ1) is 18.7. The zero-order valence-corrected chi connectivity index (χ0v) is 14.8. The minimum Gasteiger partial charge on any atom is -0.466 e. The second kappa shape index (κ2) is 7.07. The number of aromatic nitrogens is 2. The van der Waals surface area contributed by atoms with Gasteiger partial charge in [0.2, 0.25) is 0 Å². The van der Waals surface area contributed by atoms with Gasteiger partial charge >= 0.3 is 13.1 Å². The van der Waals surface area contributed by atoms with Gasteiger partial charge in [-0.3, -0.25) is 9.48 Å². The summed E-state index contributed by atoms with van der Waals surface area (Å²) >= 11 is 0. The number of carbonyl (C=O) groups excluding carboxylic acids is 1. The molecule has 1 aromatic rings. The van der Waals surface area contributed by atoms with Crippen molar-refractivity contribution in [1.29, 1.82) is 0 Å². The Morgan fingerprint density at radius 2 is 2.00 bits per heavy atom. The zero-order chi connectivity index (χ0) is 18.0. The normalized spacial score (nSPS) is 19.6. The standard InChI is InChI=1S/C16H24BFN2O4/c1-6-22-14(21)7-8-20-11-12(10-19-20)9-13(18)17-23-15(2,3)16(4,5)24-17/h9-11H,6-8H2,1-5H3. The van der Waals surface area contributed by atoms with Crippen LogP contribution in [0, 0.1) is 0 Å². The van der Waals surface area contributed by atoms with Gasteiger partial charge in [-0.1, -0.05) is 0 Å². The molecular weight excluding hydrogens is 314 g/mol. The Bertz CT molecular complexity index is 611. The van der Waals surface area contributed by atoms with Crippen molar-refractivity contribution < 1.29 is 23.2 Å². The smallest absolute Gasteiger partial charge is 0.466 e.